The molecule has 1 aromatic heterocycles. The summed E-state index contributed by atoms with van der Waals surface area (Å²) in [4.78, 5) is 13.1. The molecule has 3 aromatic carbocycles. The van der Waals surface area contributed by atoms with E-state index in [9.17, 15) is 4.79 Å². The van der Waals surface area contributed by atoms with Crippen molar-refractivity contribution in [3.05, 3.63) is 107 Å². The van der Waals surface area contributed by atoms with Gasteiger partial charge in [-0.3, -0.25) is 4.79 Å². The SMILES string of the molecule is CCCC(=O)N1N=C(c2ccccc2)CC1c1cn(-c2ccc(Cl)cc2)nc1-c1ccccc1. The van der Waals surface area contributed by atoms with Gasteiger partial charge in [0.2, 0.25) is 5.91 Å². The van der Waals surface area contributed by atoms with Gasteiger partial charge in [-0.1, -0.05) is 79.2 Å². The number of aromatic nitrogens is 2. The summed E-state index contributed by atoms with van der Waals surface area (Å²) in [6.07, 6.45) is 3.87. The first-order valence-electron chi connectivity index (χ1n) is 11.5. The molecule has 0 N–H and O–H groups in total. The van der Waals surface area contributed by atoms with Crippen LogP contribution in [0.4, 0.5) is 0 Å². The zero-order valence-electron chi connectivity index (χ0n) is 18.9. The van der Waals surface area contributed by atoms with Crippen LogP contribution in [-0.4, -0.2) is 26.4 Å². The van der Waals surface area contributed by atoms with Crippen molar-refractivity contribution in [3.63, 3.8) is 0 Å². The molecule has 0 bridgehead atoms. The van der Waals surface area contributed by atoms with Crippen LogP contribution in [0.3, 0.4) is 0 Å². The van der Waals surface area contributed by atoms with E-state index < -0.39 is 0 Å². The Morgan fingerprint density at radius 3 is 2.24 bits per heavy atom. The van der Waals surface area contributed by atoms with Crippen LogP contribution in [0.5, 0.6) is 0 Å². The molecule has 5 nitrogen and oxygen atoms in total. The third-order valence-electron chi connectivity index (χ3n) is 5.98. The molecule has 0 aliphatic carbocycles. The number of hydrogen-bond acceptors (Lipinski definition) is 3. The lowest BCUT2D eigenvalue weighted by molar-refractivity contribution is -0.133. The zero-order chi connectivity index (χ0) is 23.5. The summed E-state index contributed by atoms with van der Waals surface area (Å²) < 4.78 is 1.86. The predicted molar refractivity (Wildman–Crippen MR) is 136 cm³/mol. The maximum absolute atomic E-state index is 13.1. The van der Waals surface area contributed by atoms with Crippen molar-refractivity contribution in [1.82, 2.24) is 14.8 Å². The van der Waals surface area contributed by atoms with Gasteiger partial charge in [0.1, 0.15) is 0 Å². The van der Waals surface area contributed by atoms with E-state index in [0.29, 0.717) is 17.9 Å². The number of hydrogen-bond donors (Lipinski definition) is 0. The first-order valence-corrected chi connectivity index (χ1v) is 11.9. The number of rotatable bonds is 6. The van der Waals surface area contributed by atoms with Crippen LogP contribution < -0.4 is 0 Å². The van der Waals surface area contributed by atoms with Gasteiger partial charge in [0, 0.05) is 35.2 Å². The molecule has 0 saturated carbocycles. The number of hydrazone groups is 1. The second-order valence-electron chi connectivity index (χ2n) is 8.34. The summed E-state index contributed by atoms with van der Waals surface area (Å²) in [5.74, 6) is 0.0247. The van der Waals surface area contributed by atoms with E-state index in [1.54, 1.807) is 5.01 Å². The minimum Gasteiger partial charge on any atom is -0.273 e. The van der Waals surface area contributed by atoms with Crippen LogP contribution >= 0.6 is 11.6 Å². The first-order chi connectivity index (χ1) is 16.6. The van der Waals surface area contributed by atoms with Gasteiger partial charge in [0.25, 0.3) is 0 Å². The molecule has 6 heteroatoms. The van der Waals surface area contributed by atoms with E-state index in [-0.39, 0.29) is 11.9 Å². The normalized spacial score (nSPS) is 15.4. The molecule has 34 heavy (non-hydrogen) atoms. The van der Waals surface area contributed by atoms with Gasteiger partial charge < -0.3 is 0 Å². The molecular weight excluding hydrogens is 444 g/mol. The number of carbonyl (C=O) groups excluding carboxylic acids is 1. The fourth-order valence-corrected chi connectivity index (χ4v) is 4.42. The second-order valence-corrected chi connectivity index (χ2v) is 8.78. The number of amides is 1. The molecule has 2 heterocycles. The second kappa shape index (κ2) is 9.65. The van der Waals surface area contributed by atoms with Crippen molar-refractivity contribution in [1.29, 1.82) is 0 Å². The van der Waals surface area contributed by atoms with Gasteiger partial charge in [0.15, 0.2) is 0 Å². The van der Waals surface area contributed by atoms with E-state index in [1.807, 2.05) is 103 Å². The van der Waals surface area contributed by atoms with Gasteiger partial charge in [-0.2, -0.15) is 10.2 Å². The van der Waals surface area contributed by atoms with Crippen molar-refractivity contribution >= 4 is 23.2 Å². The van der Waals surface area contributed by atoms with E-state index in [4.69, 9.17) is 21.8 Å². The predicted octanol–water partition coefficient (Wildman–Crippen LogP) is 6.67. The third-order valence-corrected chi connectivity index (χ3v) is 6.23. The molecule has 0 fully saturated rings. The van der Waals surface area contributed by atoms with Gasteiger partial charge in [0.05, 0.1) is 23.1 Å². The maximum Gasteiger partial charge on any atom is 0.243 e. The Hall–Kier alpha value is -3.70. The summed E-state index contributed by atoms with van der Waals surface area (Å²) >= 11 is 6.10. The molecular formula is C28H25ClN4O. The highest BCUT2D eigenvalue weighted by Gasteiger charge is 2.35. The molecule has 170 valence electrons. The Bertz CT molecular complexity index is 1310. The van der Waals surface area contributed by atoms with E-state index >= 15 is 0 Å². The molecule has 1 atom stereocenters. The third kappa shape index (κ3) is 4.39. The first kappa shape index (κ1) is 22.1. The van der Waals surface area contributed by atoms with Crippen LogP contribution in [-0.2, 0) is 4.79 Å². The maximum atomic E-state index is 13.1. The smallest absolute Gasteiger partial charge is 0.243 e. The molecule has 1 amide bonds. The van der Waals surface area contributed by atoms with Crippen molar-refractivity contribution in [2.45, 2.75) is 32.2 Å². The quantitative estimate of drug-likeness (QED) is 0.317. The summed E-state index contributed by atoms with van der Waals surface area (Å²) in [5.41, 5.74) is 5.67. The molecule has 4 aromatic rings. The van der Waals surface area contributed by atoms with E-state index in [2.05, 4.69) is 0 Å². The van der Waals surface area contributed by atoms with Crippen LogP contribution in [0.1, 0.15) is 43.4 Å². The Kier molecular flexibility index (Phi) is 6.28. The Morgan fingerprint density at radius 1 is 0.941 bits per heavy atom. The number of halogens is 1. The van der Waals surface area contributed by atoms with Crippen LogP contribution in [0.25, 0.3) is 16.9 Å². The monoisotopic (exact) mass is 468 g/mol. The highest BCUT2D eigenvalue weighted by atomic mass is 35.5. The summed E-state index contributed by atoms with van der Waals surface area (Å²) in [7, 11) is 0. The summed E-state index contributed by atoms with van der Waals surface area (Å²) in [5, 5.41) is 12.1. The Morgan fingerprint density at radius 2 is 1.59 bits per heavy atom. The van der Waals surface area contributed by atoms with E-state index in [0.717, 1.165) is 40.2 Å². The van der Waals surface area contributed by atoms with Gasteiger partial charge in [-0.15, -0.1) is 0 Å². The lowest BCUT2D eigenvalue weighted by Gasteiger charge is -2.21. The van der Waals surface area contributed by atoms with Crippen LogP contribution in [0.15, 0.2) is 96.2 Å². The van der Waals surface area contributed by atoms with Gasteiger partial charge in [-0.25, -0.2) is 9.69 Å². The van der Waals surface area contributed by atoms with Crippen LogP contribution in [0.2, 0.25) is 5.02 Å². The highest BCUT2D eigenvalue weighted by molar-refractivity contribution is 6.30. The van der Waals surface area contributed by atoms with Gasteiger partial charge in [-0.05, 0) is 36.2 Å². The highest BCUT2D eigenvalue weighted by Crippen LogP contribution is 2.38. The molecule has 0 radical (unpaired) electrons. The summed E-state index contributed by atoms with van der Waals surface area (Å²) in [6.45, 7) is 2.01. The molecule has 0 saturated heterocycles. The van der Waals surface area contributed by atoms with Crippen molar-refractivity contribution in [2.75, 3.05) is 0 Å². The van der Waals surface area contributed by atoms with Gasteiger partial charge >= 0.3 is 0 Å². The van der Waals surface area contributed by atoms with Crippen molar-refractivity contribution in [2.24, 2.45) is 5.10 Å². The fourth-order valence-electron chi connectivity index (χ4n) is 4.29. The number of carbonyl (C=O) groups is 1. The molecule has 1 unspecified atom stereocenters. The Balaban J connectivity index is 1.61. The van der Waals surface area contributed by atoms with Crippen molar-refractivity contribution < 1.29 is 4.79 Å². The average molecular weight is 469 g/mol. The number of benzene rings is 3. The molecule has 0 spiro atoms. The minimum absolute atomic E-state index is 0.0247. The topological polar surface area (TPSA) is 50.5 Å². The lowest BCUT2D eigenvalue weighted by Crippen LogP contribution is -2.26. The largest absolute Gasteiger partial charge is 0.273 e. The van der Waals surface area contributed by atoms with Crippen LogP contribution in [0, 0.1) is 0 Å². The zero-order valence-corrected chi connectivity index (χ0v) is 19.7. The molecule has 1 aliphatic heterocycles. The summed E-state index contributed by atoms with van der Waals surface area (Å²) in [6, 6.07) is 27.5. The van der Waals surface area contributed by atoms with Crippen molar-refractivity contribution in [3.8, 4) is 16.9 Å². The standard InChI is InChI=1S/C28H25ClN4O/c1-2-9-27(34)33-26(18-25(30-33)20-10-5-3-6-11-20)24-19-32(23-16-14-22(29)15-17-23)31-28(24)21-12-7-4-8-13-21/h3-8,10-17,19,26H,2,9,18H2,1H3. The molecule has 5 rings (SSSR count). The minimum atomic E-state index is -0.231. The molecule has 1 aliphatic rings. The van der Waals surface area contributed by atoms with E-state index in [1.165, 1.54) is 0 Å². The average Bonchev–Trinajstić information content (AvgIpc) is 3.51. The fraction of sp³-hybridized carbons (Fsp3) is 0.179. The lowest BCUT2D eigenvalue weighted by atomic mass is 9.96. The number of nitrogens with zero attached hydrogens (tertiary/aromatic N) is 4. The Labute approximate surface area is 204 Å².